The van der Waals surface area contributed by atoms with Gasteiger partial charge in [0, 0.05) is 46.5 Å². The normalized spacial score (nSPS) is 26.8. The van der Waals surface area contributed by atoms with Gasteiger partial charge in [0.1, 0.15) is 28.8 Å². The quantitative estimate of drug-likeness (QED) is 0.203. The number of hydrogen-bond acceptors (Lipinski definition) is 10. The summed E-state index contributed by atoms with van der Waals surface area (Å²) in [4.78, 5) is 71.9. The maximum Gasteiger partial charge on any atom is 0.328 e. The largest absolute Gasteiger partial charge is 0.508 e. The predicted molar refractivity (Wildman–Crippen MR) is 191 cm³/mol. The fraction of sp³-hybridized carbons (Fsp3) is 0.351. The van der Waals surface area contributed by atoms with Crippen LogP contribution in [0.3, 0.4) is 0 Å². The lowest BCUT2D eigenvalue weighted by atomic mass is 9.51. The summed E-state index contributed by atoms with van der Waals surface area (Å²) < 4.78 is 14.1. The second-order valence-electron chi connectivity index (χ2n) is 14.0. The first kappa shape index (κ1) is 33.9. The molecule has 3 fully saturated rings. The highest BCUT2D eigenvalue weighted by atomic mass is 35.5. The minimum Gasteiger partial charge on any atom is -0.508 e. The van der Waals surface area contributed by atoms with E-state index in [1.807, 2.05) is 31.2 Å². The van der Waals surface area contributed by atoms with E-state index in [4.69, 9.17) is 31.9 Å². The van der Waals surface area contributed by atoms with Crippen LogP contribution in [0.4, 0.5) is 10.6 Å². The molecule has 2 aromatic carbocycles. The number of aromatic nitrogens is 2. The summed E-state index contributed by atoms with van der Waals surface area (Å²) in [5.74, 6) is -6.29. The van der Waals surface area contributed by atoms with Crippen LogP contribution in [0.25, 0.3) is 20.7 Å². The molecule has 2 aromatic heterocycles. The van der Waals surface area contributed by atoms with Gasteiger partial charge in [0.05, 0.1) is 42.3 Å². The summed E-state index contributed by atoms with van der Waals surface area (Å²) in [6, 6.07) is 9.02. The van der Waals surface area contributed by atoms with Gasteiger partial charge in [-0.05, 0) is 61.8 Å². The summed E-state index contributed by atoms with van der Waals surface area (Å²) in [6.07, 6.45) is 2.00. The van der Waals surface area contributed by atoms with Crippen molar-refractivity contribution in [3.05, 3.63) is 64.2 Å². The number of carbonyl (C=O) groups is 5. The number of nitrogens with zero attached hydrogens (tertiary/aromatic N) is 4. The van der Waals surface area contributed by atoms with Crippen LogP contribution in [0.2, 0.25) is 5.02 Å². The fourth-order valence-corrected chi connectivity index (χ4v) is 10.5. The number of hydrogen-bond donors (Lipinski definition) is 2. The molecule has 0 unspecified atom stereocenters. The van der Waals surface area contributed by atoms with Crippen molar-refractivity contribution in [2.75, 3.05) is 19.1 Å². The molecule has 0 radical (unpaired) electrons. The summed E-state index contributed by atoms with van der Waals surface area (Å²) in [5.41, 5.74) is 6.62. The van der Waals surface area contributed by atoms with Gasteiger partial charge >= 0.3 is 6.03 Å². The number of anilines is 1. The molecule has 4 heterocycles. The predicted octanol–water partition coefficient (Wildman–Crippen LogP) is 5.30. The molecule has 4 aromatic rings. The molecule has 0 spiro atoms. The second-order valence-corrected chi connectivity index (χ2v) is 15.5. The first-order valence-electron chi connectivity index (χ1n) is 16.7. The van der Waals surface area contributed by atoms with Crippen LogP contribution in [0.5, 0.6) is 17.2 Å². The summed E-state index contributed by atoms with van der Waals surface area (Å²) in [5, 5.41) is 16.9. The molecule has 2 saturated heterocycles. The molecule has 2 aliphatic carbocycles. The first-order chi connectivity index (χ1) is 24.7. The number of rotatable bonds is 5. The topological polar surface area (TPSA) is 174 Å². The fourth-order valence-electron chi connectivity index (χ4n) is 9.18. The molecule has 52 heavy (non-hydrogen) atoms. The monoisotopic (exact) mass is 743 g/mol. The van der Waals surface area contributed by atoms with Crippen molar-refractivity contribution in [3.8, 4) is 27.8 Å². The SMILES string of the molecule is COc1cc(O)cc(OC)c1[C@H]1C2=CC[C@@H]3C(=O)N(C(N)=O)C(=O)[C@@H]3[C@@H]2C[C@H]2C(=O)N(c3cc(-c4sc5ccc(Cl)cc5c4C)nn3C)C(=O)[C@@]12C. The molecule has 4 aliphatic rings. The van der Waals surface area contributed by atoms with Gasteiger partial charge in [0.2, 0.25) is 23.6 Å². The summed E-state index contributed by atoms with van der Waals surface area (Å²) in [6.45, 7) is 3.70. The number of nitrogens with two attached hydrogens (primary N) is 1. The lowest BCUT2D eigenvalue weighted by Crippen LogP contribution is -2.49. The van der Waals surface area contributed by atoms with Crippen molar-refractivity contribution in [1.29, 1.82) is 0 Å². The molecule has 0 bridgehead atoms. The smallest absolute Gasteiger partial charge is 0.328 e. The molecule has 2 aliphatic heterocycles. The van der Waals surface area contributed by atoms with Gasteiger partial charge in [0.25, 0.3) is 0 Å². The number of halogens is 1. The molecule has 1 saturated carbocycles. The van der Waals surface area contributed by atoms with E-state index in [1.54, 1.807) is 20.0 Å². The number of carbonyl (C=O) groups excluding carboxylic acids is 5. The number of amides is 6. The average molecular weight is 744 g/mol. The Morgan fingerprint density at radius 2 is 1.73 bits per heavy atom. The van der Waals surface area contributed by atoms with Gasteiger partial charge in [-0.15, -0.1) is 11.3 Å². The van der Waals surface area contributed by atoms with Crippen LogP contribution in [0.1, 0.15) is 36.8 Å². The van der Waals surface area contributed by atoms with E-state index < -0.39 is 64.7 Å². The molecular formula is C37H34ClN5O8S. The third-order valence-electron chi connectivity index (χ3n) is 11.5. The number of methoxy groups -OCH3 is 2. The van der Waals surface area contributed by atoms with E-state index in [-0.39, 0.29) is 35.9 Å². The van der Waals surface area contributed by atoms with E-state index in [1.165, 1.54) is 47.3 Å². The zero-order valence-electron chi connectivity index (χ0n) is 28.8. The minimum atomic E-state index is -1.45. The maximum atomic E-state index is 15.1. The van der Waals surface area contributed by atoms with Gasteiger partial charge in [-0.2, -0.15) is 10.00 Å². The molecule has 13 nitrogen and oxygen atoms in total. The second kappa shape index (κ2) is 11.7. The zero-order valence-corrected chi connectivity index (χ0v) is 30.4. The number of ether oxygens (including phenoxy) is 2. The number of aromatic hydroxyl groups is 1. The molecule has 8 rings (SSSR count). The van der Waals surface area contributed by atoms with E-state index >= 15 is 4.79 Å². The maximum absolute atomic E-state index is 15.1. The number of primary amides is 1. The third kappa shape index (κ3) is 4.46. The van der Waals surface area contributed by atoms with Crippen LogP contribution in [0.15, 0.2) is 48.0 Å². The Hall–Kier alpha value is -5.21. The van der Waals surface area contributed by atoms with Gasteiger partial charge in [-0.3, -0.25) is 23.9 Å². The number of benzene rings is 2. The Labute approximate surface area is 306 Å². The van der Waals surface area contributed by atoms with Gasteiger partial charge in [0.15, 0.2) is 0 Å². The standard InChI is InChI=1S/C37H34ClN5O8S/c1-15-20-10-16(38)6-9-26(20)52-31(15)23-14-27(41(3)40-23)42-33(46)22-13-21-18(7-8-19-28(21)34(47)43(32(19)45)36(39)49)30(37(22,2)35(42)48)29-24(50-4)11-17(44)12-25(29)51-5/h6-7,9-12,14,19,21-22,28,30,44H,8,13H2,1-5H3,(H2,39,49)/t19-,21+,22-,28-,30+,37+/m0/s1. The van der Waals surface area contributed by atoms with Crippen LogP contribution in [-0.2, 0) is 26.2 Å². The third-order valence-corrected chi connectivity index (χ3v) is 13.1. The van der Waals surface area contributed by atoms with Crippen LogP contribution in [-0.4, -0.2) is 63.7 Å². The van der Waals surface area contributed by atoms with E-state index in [9.17, 15) is 24.3 Å². The molecular weight excluding hydrogens is 710 g/mol. The Morgan fingerprint density at radius 1 is 1.04 bits per heavy atom. The van der Waals surface area contributed by atoms with Gasteiger partial charge in [-0.1, -0.05) is 23.3 Å². The lowest BCUT2D eigenvalue weighted by Gasteiger charge is -2.49. The van der Waals surface area contributed by atoms with E-state index in [0.717, 1.165) is 20.5 Å². The number of phenols is 1. The Balaban J connectivity index is 1.30. The van der Waals surface area contributed by atoms with Crippen LogP contribution >= 0.6 is 22.9 Å². The number of likely N-dealkylation sites (tertiary alicyclic amines) is 1. The molecule has 6 atom stereocenters. The van der Waals surface area contributed by atoms with Crippen molar-refractivity contribution in [2.24, 2.45) is 41.9 Å². The average Bonchev–Trinajstić information content (AvgIpc) is 3.78. The van der Waals surface area contributed by atoms with E-state index in [0.29, 0.717) is 26.8 Å². The molecule has 3 N–H and O–H groups in total. The number of urea groups is 1. The Bertz CT molecular complexity index is 2310. The van der Waals surface area contributed by atoms with Crippen molar-refractivity contribution in [3.63, 3.8) is 0 Å². The molecule has 15 heteroatoms. The van der Waals surface area contributed by atoms with Gasteiger partial charge in [-0.25, -0.2) is 9.69 Å². The number of aryl methyl sites for hydroxylation is 2. The van der Waals surface area contributed by atoms with Crippen molar-refractivity contribution in [2.45, 2.75) is 32.6 Å². The minimum absolute atomic E-state index is 0.0519. The lowest BCUT2D eigenvalue weighted by molar-refractivity contribution is -0.136. The van der Waals surface area contributed by atoms with Crippen molar-refractivity contribution >= 4 is 68.5 Å². The first-order valence-corrected chi connectivity index (χ1v) is 17.9. The van der Waals surface area contributed by atoms with Crippen molar-refractivity contribution < 1.29 is 38.6 Å². The molecule has 6 amide bonds. The number of allylic oxidation sites excluding steroid dienone is 2. The number of fused-ring (bicyclic) bond motifs is 5. The van der Waals surface area contributed by atoms with Gasteiger partial charge < -0.3 is 20.3 Å². The Kier molecular flexibility index (Phi) is 7.60. The highest BCUT2D eigenvalue weighted by Crippen LogP contribution is 2.65. The highest BCUT2D eigenvalue weighted by Gasteiger charge is 2.69. The van der Waals surface area contributed by atoms with Crippen LogP contribution < -0.4 is 20.1 Å². The Morgan fingerprint density at radius 3 is 2.38 bits per heavy atom. The van der Waals surface area contributed by atoms with Crippen molar-refractivity contribution in [1.82, 2.24) is 14.7 Å². The zero-order chi connectivity index (χ0) is 37.1. The summed E-state index contributed by atoms with van der Waals surface area (Å²) in [7, 11) is 4.50. The summed E-state index contributed by atoms with van der Waals surface area (Å²) >= 11 is 7.82. The number of imide groups is 4. The highest BCUT2D eigenvalue weighted by molar-refractivity contribution is 7.22. The molecule has 268 valence electrons. The van der Waals surface area contributed by atoms with E-state index in [2.05, 4.69) is 0 Å². The van der Waals surface area contributed by atoms with Crippen LogP contribution in [0, 0.1) is 36.0 Å². The number of thiophene rings is 1. The number of phenolic OH excluding ortho intramolecular Hbond substituents is 1.